The van der Waals surface area contributed by atoms with Crippen LogP contribution in [0.2, 0.25) is 0 Å². The highest BCUT2D eigenvalue weighted by molar-refractivity contribution is 5.77. The number of ether oxygens (including phenoxy) is 2. The fourth-order valence-electron chi connectivity index (χ4n) is 2.73. The summed E-state index contributed by atoms with van der Waals surface area (Å²) < 4.78 is 24.7. The fraction of sp³-hybridized carbons (Fsp3) is 0.333. The van der Waals surface area contributed by atoms with Gasteiger partial charge in [0.25, 0.3) is 0 Å². The minimum absolute atomic E-state index is 0. The van der Waals surface area contributed by atoms with E-state index in [1.807, 2.05) is 12.1 Å². The number of methoxy groups -OCH3 is 1. The van der Waals surface area contributed by atoms with Crippen LogP contribution in [0.4, 0.5) is 4.39 Å². The maximum Gasteiger partial charge on any atom is 0.130 e. The van der Waals surface area contributed by atoms with Gasteiger partial charge in [0, 0.05) is 23.7 Å². The predicted octanol–water partition coefficient (Wildman–Crippen LogP) is 3.79. The lowest BCUT2D eigenvalue weighted by atomic mass is 9.95. The number of benzene rings is 2. The van der Waals surface area contributed by atoms with Crippen molar-refractivity contribution in [2.45, 2.75) is 26.4 Å². The third kappa shape index (κ3) is 2.92. The van der Waals surface area contributed by atoms with E-state index >= 15 is 0 Å². The molecule has 3 nitrogen and oxygen atoms in total. The Labute approximate surface area is 130 Å². The standard InChI is InChI=1S/C17H18FNO2.CH4/c1-20-16-9-12(18)6-8-14(16)15-4-2-3-11-5-7-13(10-19)21-17(11)15;/h2-4,6,8-9,13H,5,7,10,19H2,1H3;1H4/t13-;/m1./s1. The first-order chi connectivity index (χ1) is 10.2. The normalized spacial score (nSPS) is 16.2. The molecule has 0 aliphatic carbocycles. The van der Waals surface area contributed by atoms with E-state index in [0.29, 0.717) is 12.3 Å². The molecule has 22 heavy (non-hydrogen) atoms. The molecule has 1 heterocycles. The number of aryl methyl sites for hydroxylation is 1. The molecule has 0 aromatic heterocycles. The van der Waals surface area contributed by atoms with Gasteiger partial charge >= 0.3 is 0 Å². The van der Waals surface area contributed by atoms with E-state index in [9.17, 15) is 4.39 Å². The molecule has 3 rings (SSSR count). The van der Waals surface area contributed by atoms with Crippen molar-refractivity contribution >= 4 is 0 Å². The highest BCUT2D eigenvalue weighted by Gasteiger charge is 2.23. The molecule has 2 aromatic rings. The summed E-state index contributed by atoms with van der Waals surface area (Å²) in [6.45, 7) is 0.494. The van der Waals surface area contributed by atoms with Crippen LogP contribution in [-0.4, -0.2) is 19.8 Å². The van der Waals surface area contributed by atoms with E-state index in [0.717, 1.165) is 35.3 Å². The van der Waals surface area contributed by atoms with Gasteiger partial charge in [-0.2, -0.15) is 0 Å². The molecule has 1 aliphatic rings. The number of hydrogen-bond acceptors (Lipinski definition) is 3. The molecular formula is C18H22FNO2. The average Bonchev–Trinajstić information content (AvgIpc) is 2.53. The maximum absolute atomic E-state index is 13.4. The molecule has 0 amide bonds. The molecule has 0 fully saturated rings. The second-order valence-corrected chi connectivity index (χ2v) is 5.15. The Hall–Kier alpha value is -2.07. The van der Waals surface area contributed by atoms with Crippen molar-refractivity contribution in [2.75, 3.05) is 13.7 Å². The average molecular weight is 303 g/mol. The lowest BCUT2D eigenvalue weighted by molar-refractivity contribution is 0.182. The molecular weight excluding hydrogens is 281 g/mol. The summed E-state index contributed by atoms with van der Waals surface area (Å²) >= 11 is 0. The summed E-state index contributed by atoms with van der Waals surface area (Å²) in [7, 11) is 1.54. The Morgan fingerprint density at radius 3 is 2.82 bits per heavy atom. The van der Waals surface area contributed by atoms with Crippen LogP contribution in [0.1, 0.15) is 19.4 Å². The summed E-state index contributed by atoms with van der Waals surface area (Å²) in [6.07, 6.45) is 1.90. The summed E-state index contributed by atoms with van der Waals surface area (Å²) in [4.78, 5) is 0. The molecule has 4 heteroatoms. The van der Waals surface area contributed by atoms with Crippen LogP contribution in [-0.2, 0) is 6.42 Å². The van der Waals surface area contributed by atoms with Gasteiger partial charge in [0.2, 0.25) is 0 Å². The van der Waals surface area contributed by atoms with E-state index < -0.39 is 0 Å². The lowest BCUT2D eigenvalue weighted by Crippen LogP contribution is -2.30. The second kappa shape index (κ2) is 6.79. The quantitative estimate of drug-likeness (QED) is 0.938. The molecule has 0 radical (unpaired) electrons. The largest absolute Gasteiger partial charge is 0.496 e. The molecule has 1 atom stereocenters. The monoisotopic (exact) mass is 303 g/mol. The number of hydrogen-bond donors (Lipinski definition) is 1. The first-order valence-corrected chi connectivity index (χ1v) is 7.05. The van der Waals surface area contributed by atoms with Crippen LogP contribution in [0.15, 0.2) is 36.4 Å². The zero-order valence-corrected chi connectivity index (χ0v) is 11.9. The summed E-state index contributed by atoms with van der Waals surface area (Å²) in [5.41, 5.74) is 8.63. The second-order valence-electron chi connectivity index (χ2n) is 5.15. The number of fused-ring (bicyclic) bond motifs is 1. The zero-order chi connectivity index (χ0) is 14.8. The van der Waals surface area contributed by atoms with Gasteiger partial charge in [-0.25, -0.2) is 4.39 Å². The third-order valence-electron chi connectivity index (χ3n) is 3.83. The predicted molar refractivity (Wildman–Crippen MR) is 86.9 cm³/mol. The number of para-hydroxylation sites is 1. The van der Waals surface area contributed by atoms with E-state index in [1.165, 1.54) is 19.2 Å². The zero-order valence-electron chi connectivity index (χ0n) is 11.9. The topological polar surface area (TPSA) is 44.5 Å². The van der Waals surface area contributed by atoms with Gasteiger partial charge in [-0.05, 0) is 30.5 Å². The fourth-order valence-corrected chi connectivity index (χ4v) is 2.73. The van der Waals surface area contributed by atoms with Crippen molar-refractivity contribution in [3.05, 3.63) is 47.8 Å². The Morgan fingerprint density at radius 1 is 1.27 bits per heavy atom. The summed E-state index contributed by atoms with van der Waals surface area (Å²) in [5, 5.41) is 0. The van der Waals surface area contributed by atoms with Crippen molar-refractivity contribution in [1.82, 2.24) is 0 Å². The van der Waals surface area contributed by atoms with Crippen LogP contribution in [0.3, 0.4) is 0 Å². The number of halogens is 1. The van der Waals surface area contributed by atoms with Crippen LogP contribution < -0.4 is 15.2 Å². The van der Waals surface area contributed by atoms with Gasteiger partial charge in [0.1, 0.15) is 23.4 Å². The minimum atomic E-state index is -0.318. The molecule has 1 aliphatic heterocycles. The van der Waals surface area contributed by atoms with Gasteiger partial charge in [0.05, 0.1) is 7.11 Å². The SMILES string of the molecule is C.COc1cc(F)ccc1-c1cccc2c1O[C@@H](CN)CC2. The first kappa shape index (κ1) is 16.3. The molecule has 2 aromatic carbocycles. The minimum Gasteiger partial charge on any atom is -0.496 e. The maximum atomic E-state index is 13.4. The molecule has 0 bridgehead atoms. The van der Waals surface area contributed by atoms with Crippen LogP contribution in [0.25, 0.3) is 11.1 Å². The molecule has 2 N–H and O–H groups in total. The molecule has 0 saturated carbocycles. The number of rotatable bonds is 3. The Morgan fingerprint density at radius 2 is 2.09 bits per heavy atom. The highest BCUT2D eigenvalue weighted by atomic mass is 19.1. The van der Waals surface area contributed by atoms with E-state index in [2.05, 4.69) is 6.07 Å². The van der Waals surface area contributed by atoms with Crippen LogP contribution >= 0.6 is 0 Å². The molecule has 0 spiro atoms. The van der Waals surface area contributed by atoms with Crippen molar-refractivity contribution in [2.24, 2.45) is 5.73 Å². The van der Waals surface area contributed by atoms with Crippen molar-refractivity contribution in [1.29, 1.82) is 0 Å². The molecule has 0 saturated heterocycles. The van der Waals surface area contributed by atoms with Gasteiger partial charge in [-0.1, -0.05) is 25.6 Å². The van der Waals surface area contributed by atoms with Crippen molar-refractivity contribution in [3.63, 3.8) is 0 Å². The van der Waals surface area contributed by atoms with Crippen molar-refractivity contribution in [3.8, 4) is 22.6 Å². The Kier molecular flexibility index (Phi) is 5.03. The van der Waals surface area contributed by atoms with Gasteiger partial charge < -0.3 is 15.2 Å². The third-order valence-corrected chi connectivity index (χ3v) is 3.83. The van der Waals surface area contributed by atoms with Crippen molar-refractivity contribution < 1.29 is 13.9 Å². The van der Waals surface area contributed by atoms with Gasteiger partial charge in [0.15, 0.2) is 0 Å². The van der Waals surface area contributed by atoms with Crippen LogP contribution in [0, 0.1) is 5.82 Å². The van der Waals surface area contributed by atoms with E-state index in [-0.39, 0.29) is 19.3 Å². The lowest BCUT2D eigenvalue weighted by Gasteiger charge is -2.27. The Balaban J connectivity index is 0.00000176. The highest BCUT2D eigenvalue weighted by Crippen LogP contribution is 2.41. The smallest absolute Gasteiger partial charge is 0.130 e. The molecule has 0 unspecified atom stereocenters. The summed E-state index contributed by atoms with van der Waals surface area (Å²) in [6, 6.07) is 10.6. The van der Waals surface area contributed by atoms with Gasteiger partial charge in [-0.3, -0.25) is 0 Å². The summed E-state index contributed by atoms with van der Waals surface area (Å²) in [5.74, 6) is 1.02. The van der Waals surface area contributed by atoms with Crippen LogP contribution in [0.5, 0.6) is 11.5 Å². The van der Waals surface area contributed by atoms with Gasteiger partial charge in [-0.15, -0.1) is 0 Å². The van der Waals surface area contributed by atoms with E-state index in [1.54, 1.807) is 6.07 Å². The number of nitrogens with two attached hydrogens (primary N) is 1. The Bertz CT molecular complexity index is 658. The van der Waals surface area contributed by atoms with E-state index in [4.69, 9.17) is 15.2 Å². The first-order valence-electron chi connectivity index (χ1n) is 7.05. The molecule has 118 valence electrons.